The summed E-state index contributed by atoms with van der Waals surface area (Å²) < 4.78 is 11.9. The molecule has 0 radical (unpaired) electrons. The van der Waals surface area contributed by atoms with E-state index in [-0.39, 0.29) is 6.29 Å². The monoisotopic (exact) mass is 288 g/mol. The average molecular weight is 288 g/mol. The van der Waals surface area contributed by atoms with Crippen LogP contribution in [0.5, 0.6) is 11.5 Å². The Labute approximate surface area is 123 Å². The Morgan fingerprint density at radius 1 is 0.750 bits per heavy atom. The van der Waals surface area contributed by atoms with Gasteiger partial charge in [-0.15, -0.1) is 9.24 Å². The van der Waals surface area contributed by atoms with Gasteiger partial charge < -0.3 is 9.47 Å². The fraction of sp³-hybridized carbons (Fsp3) is 0.294. The topological polar surface area (TPSA) is 18.5 Å². The molecule has 1 atom stereocenters. The van der Waals surface area contributed by atoms with Crippen LogP contribution in [0, 0.1) is 0 Å². The largest absolute Gasteiger partial charge is 0.455 e. The quantitative estimate of drug-likeness (QED) is 0.404. The molecule has 0 saturated heterocycles. The molecule has 0 bridgehead atoms. The number of rotatable bonds is 8. The molecule has 0 aliphatic rings. The van der Waals surface area contributed by atoms with Crippen LogP contribution in [0.15, 0.2) is 60.7 Å². The zero-order valence-electron chi connectivity index (χ0n) is 11.6. The fourth-order valence-electron chi connectivity index (χ4n) is 1.90. The Kier molecular flexibility index (Phi) is 6.40. The van der Waals surface area contributed by atoms with Crippen LogP contribution in [0.25, 0.3) is 0 Å². The van der Waals surface area contributed by atoms with Crippen LogP contribution in [0.2, 0.25) is 0 Å². The number of benzene rings is 2. The lowest BCUT2D eigenvalue weighted by atomic mass is 10.2. The summed E-state index contributed by atoms with van der Waals surface area (Å²) in [5.74, 6) is 1.69. The summed E-state index contributed by atoms with van der Waals surface area (Å²) >= 11 is 0. The van der Waals surface area contributed by atoms with Crippen LogP contribution in [0.1, 0.15) is 19.3 Å². The van der Waals surface area contributed by atoms with Crippen LogP contribution in [-0.4, -0.2) is 12.5 Å². The first kappa shape index (κ1) is 14.9. The standard InChI is InChI=1S/C17H21O2P/c20-14-8-7-13-17(18-15-9-3-1-4-10-15)19-16-11-5-2-6-12-16/h1-6,9-12,17H,7-8,13-14,20H2. The highest BCUT2D eigenvalue weighted by Crippen LogP contribution is 2.18. The molecule has 0 saturated carbocycles. The molecule has 0 fully saturated rings. The first-order valence-corrected chi connectivity index (χ1v) is 7.83. The zero-order chi connectivity index (χ0) is 14.0. The van der Waals surface area contributed by atoms with Gasteiger partial charge in [-0.1, -0.05) is 36.4 Å². The maximum absolute atomic E-state index is 5.94. The molecule has 1 unspecified atom stereocenters. The van der Waals surface area contributed by atoms with E-state index < -0.39 is 0 Å². The van der Waals surface area contributed by atoms with Gasteiger partial charge >= 0.3 is 0 Å². The van der Waals surface area contributed by atoms with E-state index in [0.717, 1.165) is 36.9 Å². The van der Waals surface area contributed by atoms with Gasteiger partial charge in [0.25, 0.3) is 0 Å². The molecule has 2 aromatic rings. The van der Waals surface area contributed by atoms with Crippen molar-refractivity contribution in [3.8, 4) is 11.5 Å². The summed E-state index contributed by atoms with van der Waals surface area (Å²) in [5, 5.41) is 0. The lowest BCUT2D eigenvalue weighted by Gasteiger charge is -2.20. The van der Waals surface area contributed by atoms with Crippen molar-refractivity contribution in [3.63, 3.8) is 0 Å². The third-order valence-electron chi connectivity index (χ3n) is 2.92. The van der Waals surface area contributed by atoms with Crippen LogP contribution in [0.4, 0.5) is 0 Å². The van der Waals surface area contributed by atoms with Gasteiger partial charge in [-0.05, 0) is 43.3 Å². The smallest absolute Gasteiger partial charge is 0.241 e. The molecule has 0 aliphatic heterocycles. The summed E-state index contributed by atoms with van der Waals surface area (Å²) in [6.45, 7) is 0. The molecule has 2 nitrogen and oxygen atoms in total. The highest BCUT2D eigenvalue weighted by Gasteiger charge is 2.11. The maximum Gasteiger partial charge on any atom is 0.241 e. The molecule has 3 heteroatoms. The third-order valence-corrected chi connectivity index (χ3v) is 3.32. The first-order chi connectivity index (χ1) is 9.88. The predicted molar refractivity (Wildman–Crippen MR) is 86.4 cm³/mol. The zero-order valence-corrected chi connectivity index (χ0v) is 12.7. The van der Waals surface area contributed by atoms with E-state index in [1.54, 1.807) is 0 Å². The molecule has 0 N–H and O–H groups in total. The van der Waals surface area contributed by atoms with Gasteiger partial charge in [0, 0.05) is 6.42 Å². The average Bonchev–Trinajstić information content (AvgIpc) is 2.49. The molecule has 0 aromatic heterocycles. The maximum atomic E-state index is 5.94. The van der Waals surface area contributed by atoms with E-state index in [1.807, 2.05) is 60.7 Å². The van der Waals surface area contributed by atoms with E-state index >= 15 is 0 Å². The molecular formula is C17H21O2P. The van der Waals surface area contributed by atoms with Gasteiger partial charge in [0.15, 0.2) is 0 Å². The minimum atomic E-state index is -0.239. The van der Waals surface area contributed by atoms with E-state index in [2.05, 4.69) is 9.24 Å². The number of para-hydroxylation sites is 2. The van der Waals surface area contributed by atoms with E-state index in [1.165, 1.54) is 0 Å². The minimum absolute atomic E-state index is 0.239. The van der Waals surface area contributed by atoms with Crippen molar-refractivity contribution in [2.24, 2.45) is 0 Å². The molecule has 2 aromatic carbocycles. The van der Waals surface area contributed by atoms with Crippen molar-refractivity contribution in [1.29, 1.82) is 0 Å². The van der Waals surface area contributed by atoms with Gasteiger partial charge in [0.2, 0.25) is 6.29 Å². The summed E-state index contributed by atoms with van der Waals surface area (Å²) in [4.78, 5) is 0. The predicted octanol–water partition coefficient (Wildman–Crippen LogP) is 4.52. The van der Waals surface area contributed by atoms with Gasteiger partial charge in [-0.3, -0.25) is 0 Å². The highest BCUT2D eigenvalue weighted by atomic mass is 31.0. The minimum Gasteiger partial charge on any atom is -0.455 e. The normalized spacial score (nSPS) is 10.5. The van der Waals surface area contributed by atoms with Crippen molar-refractivity contribution in [2.75, 3.05) is 6.16 Å². The Balaban J connectivity index is 1.96. The van der Waals surface area contributed by atoms with Crippen molar-refractivity contribution in [2.45, 2.75) is 25.6 Å². The Morgan fingerprint density at radius 3 is 1.70 bits per heavy atom. The lowest BCUT2D eigenvalue weighted by molar-refractivity contribution is -0.00205. The van der Waals surface area contributed by atoms with Crippen LogP contribution < -0.4 is 9.47 Å². The second-order valence-electron chi connectivity index (χ2n) is 4.58. The van der Waals surface area contributed by atoms with Crippen molar-refractivity contribution in [3.05, 3.63) is 60.7 Å². The summed E-state index contributed by atoms with van der Waals surface area (Å²) in [6, 6.07) is 19.7. The number of hydrogen-bond donors (Lipinski definition) is 0. The highest BCUT2D eigenvalue weighted by molar-refractivity contribution is 7.16. The van der Waals surface area contributed by atoms with Crippen molar-refractivity contribution in [1.82, 2.24) is 0 Å². The molecular weight excluding hydrogens is 267 g/mol. The Bertz CT molecular complexity index is 431. The van der Waals surface area contributed by atoms with Gasteiger partial charge in [-0.25, -0.2) is 0 Å². The van der Waals surface area contributed by atoms with Crippen molar-refractivity contribution < 1.29 is 9.47 Å². The SMILES string of the molecule is PCCCCC(Oc1ccccc1)Oc1ccccc1. The van der Waals surface area contributed by atoms with Gasteiger partial charge in [-0.2, -0.15) is 0 Å². The number of ether oxygens (including phenoxy) is 2. The second kappa shape index (κ2) is 8.60. The van der Waals surface area contributed by atoms with Gasteiger partial charge in [0.05, 0.1) is 0 Å². The molecule has 0 spiro atoms. The number of unbranched alkanes of at least 4 members (excludes halogenated alkanes) is 1. The molecule has 0 aliphatic carbocycles. The van der Waals surface area contributed by atoms with Crippen LogP contribution >= 0.6 is 9.24 Å². The molecule has 20 heavy (non-hydrogen) atoms. The third kappa shape index (κ3) is 5.22. The van der Waals surface area contributed by atoms with Gasteiger partial charge in [0.1, 0.15) is 11.5 Å². The van der Waals surface area contributed by atoms with Crippen molar-refractivity contribution >= 4 is 9.24 Å². The first-order valence-electron chi connectivity index (χ1n) is 7.02. The molecule has 0 heterocycles. The number of hydrogen-bond acceptors (Lipinski definition) is 2. The van der Waals surface area contributed by atoms with E-state index in [9.17, 15) is 0 Å². The molecule has 0 amide bonds. The second-order valence-corrected chi connectivity index (χ2v) is 5.15. The summed E-state index contributed by atoms with van der Waals surface area (Å²) in [7, 11) is 2.76. The van der Waals surface area contributed by atoms with Crippen LogP contribution in [0.3, 0.4) is 0 Å². The Hall–Kier alpha value is -1.53. The lowest BCUT2D eigenvalue weighted by Crippen LogP contribution is -2.24. The van der Waals surface area contributed by atoms with E-state index in [4.69, 9.17) is 9.47 Å². The molecule has 106 valence electrons. The van der Waals surface area contributed by atoms with E-state index in [0.29, 0.717) is 0 Å². The summed E-state index contributed by atoms with van der Waals surface area (Å²) in [5.41, 5.74) is 0. The summed E-state index contributed by atoms with van der Waals surface area (Å²) in [6.07, 6.45) is 4.02. The fourth-order valence-corrected chi connectivity index (χ4v) is 2.19. The Morgan fingerprint density at radius 2 is 1.25 bits per heavy atom. The molecule has 2 rings (SSSR count). The van der Waals surface area contributed by atoms with Crippen LogP contribution in [-0.2, 0) is 0 Å².